The average molecular weight is 357 g/mol. The summed E-state index contributed by atoms with van der Waals surface area (Å²) in [5, 5.41) is 11.2. The Morgan fingerprint density at radius 1 is 1.15 bits per heavy atom. The molecule has 0 aliphatic carbocycles. The van der Waals surface area contributed by atoms with Crippen molar-refractivity contribution in [2.45, 2.75) is 39.9 Å². The molecular weight excluding hydrogens is 324 g/mol. The van der Waals surface area contributed by atoms with Crippen LogP contribution in [0.5, 0.6) is 0 Å². The van der Waals surface area contributed by atoms with Crippen LogP contribution in [0.2, 0.25) is 0 Å². The van der Waals surface area contributed by atoms with Gasteiger partial charge in [0.05, 0.1) is 6.54 Å². The molecule has 142 valence electrons. The summed E-state index contributed by atoms with van der Waals surface area (Å²) in [6.45, 7) is 11.1. The highest BCUT2D eigenvalue weighted by molar-refractivity contribution is 5.79. The fraction of sp³-hybridized carbons (Fsp3) is 0.500. The van der Waals surface area contributed by atoms with Crippen molar-refractivity contribution in [2.24, 2.45) is 4.99 Å². The highest BCUT2D eigenvalue weighted by Crippen LogP contribution is 2.10. The normalized spacial score (nSPS) is 13.0. The molecule has 0 amide bonds. The van der Waals surface area contributed by atoms with Gasteiger partial charge in [-0.15, -0.1) is 0 Å². The molecule has 2 aromatic rings. The van der Waals surface area contributed by atoms with Crippen LogP contribution in [0.25, 0.3) is 0 Å². The highest BCUT2D eigenvalue weighted by Gasteiger charge is 2.10. The number of rotatable bonds is 9. The quantitative estimate of drug-likeness (QED) is 0.535. The third-order valence-corrected chi connectivity index (χ3v) is 4.68. The van der Waals surface area contributed by atoms with Crippen LogP contribution in [0.4, 0.5) is 0 Å². The number of nitrogens with zero attached hydrogens (tertiary/aromatic N) is 4. The maximum Gasteiger partial charge on any atom is 0.191 e. The fourth-order valence-electron chi connectivity index (χ4n) is 3.07. The van der Waals surface area contributed by atoms with Gasteiger partial charge in [0.15, 0.2) is 5.96 Å². The SMILES string of the molecule is CCN(CC)C(C)CNC(=NC)NCc1ccccc1Cn1cccn1. The largest absolute Gasteiger partial charge is 0.355 e. The minimum atomic E-state index is 0.468. The van der Waals surface area contributed by atoms with E-state index in [1.807, 2.05) is 30.2 Å². The first-order valence-corrected chi connectivity index (χ1v) is 9.40. The zero-order valence-corrected chi connectivity index (χ0v) is 16.4. The molecule has 6 nitrogen and oxygen atoms in total. The molecule has 26 heavy (non-hydrogen) atoms. The molecular formula is C20H32N6. The van der Waals surface area contributed by atoms with Crippen LogP contribution in [0.1, 0.15) is 31.9 Å². The van der Waals surface area contributed by atoms with Crippen molar-refractivity contribution in [1.29, 1.82) is 0 Å². The molecule has 6 heteroatoms. The number of aliphatic imine (C=N–C) groups is 1. The fourth-order valence-corrected chi connectivity index (χ4v) is 3.07. The molecule has 0 radical (unpaired) electrons. The maximum atomic E-state index is 4.35. The smallest absolute Gasteiger partial charge is 0.191 e. The van der Waals surface area contributed by atoms with Crippen LogP contribution in [0.15, 0.2) is 47.7 Å². The van der Waals surface area contributed by atoms with Gasteiger partial charge in [-0.2, -0.15) is 5.10 Å². The van der Waals surface area contributed by atoms with E-state index < -0.39 is 0 Å². The highest BCUT2D eigenvalue weighted by atomic mass is 15.3. The summed E-state index contributed by atoms with van der Waals surface area (Å²) in [5.41, 5.74) is 2.51. The van der Waals surface area contributed by atoms with E-state index in [2.05, 4.69) is 70.7 Å². The first kappa shape index (κ1) is 20.0. The van der Waals surface area contributed by atoms with Crippen LogP contribution in [0, 0.1) is 0 Å². The van der Waals surface area contributed by atoms with Crippen molar-refractivity contribution < 1.29 is 0 Å². The zero-order valence-electron chi connectivity index (χ0n) is 16.4. The van der Waals surface area contributed by atoms with Gasteiger partial charge in [0, 0.05) is 38.6 Å². The number of nitrogens with one attached hydrogen (secondary N) is 2. The summed E-state index contributed by atoms with van der Waals surface area (Å²) in [6.07, 6.45) is 3.79. The maximum absolute atomic E-state index is 4.35. The van der Waals surface area contributed by atoms with E-state index in [1.54, 1.807) is 0 Å². The Kier molecular flexibility index (Phi) is 8.15. The van der Waals surface area contributed by atoms with Gasteiger partial charge in [-0.1, -0.05) is 38.1 Å². The van der Waals surface area contributed by atoms with Crippen molar-refractivity contribution in [2.75, 3.05) is 26.7 Å². The molecule has 1 aromatic carbocycles. The molecule has 0 bridgehead atoms. The van der Waals surface area contributed by atoms with E-state index in [4.69, 9.17) is 0 Å². The van der Waals surface area contributed by atoms with E-state index >= 15 is 0 Å². The van der Waals surface area contributed by atoms with Gasteiger partial charge in [0.25, 0.3) is 0 Å². The Hall–Kier alpha value is -2.34. The van der Waals surface area contributed by atoms with Crippen molar-refractivity contribution in [3.8, 4) is 0 Å². The number of aromatic nitrogens is 2. The monoisotopic (exact) mass is 356 g/mol. The molecule has 0 saturated heterocycles. The first-order chi connectivity index (χ1) is 12.7. The van der Waals surface area contributed by atoms with Gasteiger partial charge in [0.2, 0.25) is 0 Å². The van der Waals surface area contributed by atoms with E-state index in [9.17, 15) is 0 Å². The summed E-state index contributed by atoms with van der Waals surface area (Å²) in [4.78, 5) is 6.78. The first-order valence-electron chi connectivity index (χ1n) is 9.40. The van der Waals surface area contributed by atoms with Gasteiger partial charge >= 0.3 is 0 Å². The lowest BCUT2D eigenvalue weighted by molar-refractivity contribution is 0.231. The topological polar surface area (TPSA) is 57.5 Å². The predicted molar refractivity (Wildman–Crippen MR) is 108 cm³/mol. The Morgan fingerprint density at radius 2 is 1.88 bits per heavy atom. The van der Waals surface area contributed by atoms with Gasteiger partial charge in [-0.3, -0.25) is 14.6 Å². The standard InChI is InChI=1S/C20H32N6/c1-5-25(6-2)17(3)14-22-20(21-4)23-15-18-10-7-8-11-19(18)16-26-13-9-12-24-26/h7-13,17H,5-6,14-16H2,1-4H3,(H2,21,22,23). The second-order valence-electron chi connectivity index (χ2n) is 6.35. The lowest BCUT2D eigenvalue weighted by Crippen LogP contribution is -2.45. The molecule has 0 aliphatic heterocycles. The van der Waals surface area contributed by atoms with Crippen LogP contribution in [-0.2, 0) is 13.1 Å². The van der Waals surface area contributed by atoms with Crippen LogP contribution < -0.4 is 10.6 Å². The molecule has 1 unspecified atom stereocenters. The summed E-state index contributed by atoms with van der Waals surface area (Å²) in [6, 6.07) is 10.9. The van der Waals surface area contributed by atoms with Crippen molar-refractivity contribution >= 4 is 5.96 Å². The summed E-state index contributed by atoms with van der Waals surface area (Å²) >= 11 is 0. The Balaban J connectivity index is 1.90. The van der Waals surface area contributed by atoms with Crippen molar-refractivity contribution in [1.82, 2.24) is 25.3 Å². The minimum Gasteiger partial charge on any atom is -0.355 e. The number of guanidine groups is 1. The van der Waals surface area contributed by atoms with Crippen LogP contribution >= 0.6 is 0 Å². The molecule has 2 N–H and O–H groups in total. The Morgan fingerprint density at radius 3 is 2.50 bits per heavy atom. The van der Waals surface area contributed by atoms with Crippen molar-refractivity contribution in [3.63, 3.8) is 0 Å². The van der Waals surface area contributed by atoms with E-state index in [-0.39, 0.29) is 0 Å². The van der Waals surface area contributed by atoms with Gasteiger partial charge in [-0.25, -0.2) is 0 Å². The Bertz CT molecular complexity index is 661. The molecule has 1 aromatic heterocycles. The number of benzene rings is 1. The lowest BCUT2D eigenvalue weighted by atomic mass is 10.1. The van der Waals surface area contributed by atoms with E-state index in [0.717, 1.165) is 38.7 Å². The molecule has 1 heterocycles. The minimum absolute atomic E-state index is 0.468. The van der Waals surface area contributed by atoms with Crippen molar-refractivity contribution in [3.05, 3.63) is 53.9 Å². The summed E-state index contributed by atoms with van der Waals surface area (Å²) in [7, 11) is 1.81. The summed E-state index contributed by atoms with van der Waals surface area (Å²) in [5.74, 6) is 0.831. The molecule has 1 atom stereocenters. The van der Waals surface area contributed by atoms with Gasteiger partial charge in [-0.05, 0) is 37.2 Å². The lowest BCUT2D eigenvalue weighted by Gasteiger charge is -2.27. The number of hydrogen-bond acceptors (Lipinski definition) is 3. The van der Waals surface area contributed by atoms with Crippen LogP contribution in [-0.4, -0.2) is 53.4 Å². The third-order valence-electron chi connectivity index (χ3n) is 4.68. The Labute approximate surface area is 157 Å². The number of likely N-dealkylation sites (N-methyl/N-ethyl adjacent to an activating group) is 1. The second-order valence-corrected chi connectivity index (χ2v) is 6.35. The van der Waals surface area contributed by atoms with E-state index in [1.165, 1.54) is 11.1 Å². The number of hydrogen-bond donors (Lipinski definition) is 2. The summed E-state index contributed by atoms with van der Waals surface area (Å²) < 4.78 is 1.94. The van der Waals surface area contributed by atoms with Crippen LogP contribution in [0.3, 0.4) is 0 Å². The predicted octanol–water partition coefficient (Wildman–Crippen LogP) is 2.33. The third kappa shape index (κ3) is 5.88. The average Bonchev–Trinajstić information content (AvgIpc) is 3.17. The molecule has 2 rings (SSSR count). The molecule has 0 fully saturated rings. The van der Waals surface area contributed by atoms with Gasteiger partial charge < -0.3 is 10.6 Å². The van der Waals surface area contributed by atoms with Gasteiger partial charge in [0.1, 0.15) is 0 Å². The molecule has 0 aliphatic rings. The second kappa shape index (κ2) is 10.6. The zero-order chi connectivity index (χ0) is 18.8. The molecule has 0 saturated carbocycles. The van der Waals surface area contributed by atoms with E-state index in [0.29, 0.717) is 6.04 Å². The molecule has 0 spiro atoms.